The number of aliphatic hydroxyl groups is 1. The number of nitrogens with two attached hydrogens (primary N) is 4. The number of thioether (sulfide) groups is 1. The van der Waals surface area contributed by atoms with Gasteiger partial charge in [0.2, 0.25) is 22.4 Å². The molecule has 100 heavy (non-hydrogen) atoms. The molecule has 10 N–H and O–H groups in total. The molecule has 550 valence electrons. The molecule has 0 atom stereocenters. The molecule has 6 aromatic heterocycles. The Morgan fingerprint density at radius 1 is 0.720 bits per heavy atom. The number of rotatable bonds is 7. The maximum atomic E-state index is 12.2. The van der Waals surface area contributed by atoms with Gasteiger partial charge in [0, 0.05) is 40.0 Å². The standard InChI is InChI=1S/C11H13N5O.C9H17BO2.C8H10ClN3.C8H11N3O2.C8H13N3.C5H5Cl2N3.C5H9NS.C4H8O.CH3F.3CO2.CH4O/c1-6(2)7-8-9(14-5-13-7)10(17)16-4-3-12-11(16)15-8;1-7(2)10-11-8(3,4)9(5,6)12-10;1-4(2)7-6(10)5(3)11-8(9)12-7;1-5(2)7-6(9)8(13-4-12)11-3-10-7;1-5(2)8-7(9)6(3)10-4-11-8;1-2-3(8)4(6)10-5(7)9-2;1-7-5-3-2-4-6-5;1-2-4-5-3-1;1-2;3*2-1-3;1-2/h5-6H,3-4H2,1-2H3,(H,12,15);1H2,2-6H3;1,10H2,2-3H3;3-5H,9H2,1-2H3;4-5H,9H2,1-3H3;8H2,1H3;2-4H2,1H3;1-4H2;1H3;;;;2H,1H3/i;;;;;;;;1D;;;;. The first kappa shape index (κ1) is 93.4. The Hall–Kier alpha value is -8.65. The molecule has 0 unspecified atom stereocenters. The molecular formula is C63H93BCl3FN18O13S. The van der Waals surface area contributed by atoms with Crippen LogP contribution in [0.15, 0.2) is 47.4 Å². The normalized spacial score (nSPS) is 13.2. The van der Waals surface area contributed by atoms with Crippen LogP contribution in [-0.4, -0.2) is 160 Å². The lowest BCUT2D eigenvalue weighted by molar-refractivity contribution is -0.193. The first-order valence-electron chi connectivity index (χ1n) is 30.8. The van der Waals surface area contributed by atoms with Crippen molar-refractivity contribution in [1.82, 2.24) is 59.4 Å². The molecule has 10 heterocycles. The fraction of sp³-hybridized carbons (Fsp3) is 0.508. The molecule has 0 aromatic carbocycles. The summed E-state index contributed by atoms with van der Waals surface area (Å²) in [6.45, 7) is 41.7. The van der Waals surface area contributed by atoms with E-state index < -0.39 is 7.15 Å². The molecule has 4 aliphatic heterocycles. The summed E-state index contributed by atoms with van der Waals surface area (Å²) in [7, 11) is -0.241. The Kier molecular flexibility index (Phi) is 48.1. The number of aromatic nitrogens is 12. The summed E-state index contributed by atoms with van der Waals surface area (Å²) in [6.07, 6.45) is 12.2. The maximum absolute atomic E-state index is 12.2. The van der Waals surface area contributed by atoms with Crippen molar-refractivity contribution in [3.63, 3.8) is 0 Å². The van der Waals surface area contributed by atoms with Crippen molar-refractivity contribution in [2.24, 2.45) is 4.99 Å². The third-order valence-corrected chi connectivity index (χ3v) is 14.7. The van der Waals surface area contributed by atoms with Crippen LogP contribution >= 0.6 is 46.6 Å². The van der Waals surface area contributed by atoms with Crippen LogP contribution in [0.25, 0.3) is 16.6 Å². The van der Waals surface area contributed by atoms with Crippen LogP contribution in [0.1, 0.15) is 168 Å². The second kappa shape index (κ2) is 51.5. The minimum atomic E-state index is -1.00. The molecule has 0 amide bonds. The summed E-state index contributed by atoms with van der Waals surface area (Å²) in [5.41, 5.74) is 32.0. The second-order valence-corrected chi connectivity index (χ2v) is 24.1. The molecule has 2 saturated heterocycles. The van der Waals surface area contributed by atoms with Gasteiger partial charge in [0.1, 0.15) is 30.2 Å². The quantitative estimate of drug-likeness (QED) is 0.0374. The predicted molar refractivity (Wildman–Crippen MR) is 385 cm³/mol. The number of carbonyl (C=O) groups excluding carboxylic acids is 7. The average Bonchev–Trinajstić information content (AvgIpc) is 1.73. The van der Waals surface area contributed by atoms with Gasteiger partial charge < -0.3 is 52.1 Å². The van der Waals surface area contributed by atoms with E-state index in [-0.39, 0.29) is 75.8 Å². The van der Waals surface area contributed by atoms with Crippen molar-refractivity contribution in [2.45, 2.75) is 165 Å². The minimum Gasteiger partial charge on any atom is -0.407 e. The van der Waals surface area contributed by atoms with Crippen molar-refractivity contribution >= 4 is 129 Å². The molecule has 0 bridgehead atoms. The molecule has 4 aliphatic rings. The second-order valence-electron chi connectivity index (χ2n) is 22.2. The van der Waals surface area contributed by atoms with E-state index >= 15 is 0 Å². The monoisotopic (exact) mass is 1480 g/mol. The molecule has 10 rings (SSSR count). The summed E-state index contributed by atoms with van der Waals surface area (Å²) in [6, 6.07) is 0. The predicted octanol–water partition coefficient (Wildman–Crippen LogP) is 9.65. The summed E-state index contributed by atoms with van der Waals surface area (Å²) in [5, 5.41) is 12.0. The number of nitrogen functional groups attached to an aromatic ring is 4. The number of ether oxygens (including phenoxy) is 2. The molecule has 37 heteroatoms. The number of anilines is 5. The van der Waals surface area contributed by atoms with Gasteiger partial charge in [-0.15, -0.1) is 18.3 Å². The lowest BCUT2D eigenvalue weighted by atomic mass is 9.81. The maximum Gasteiger partial charge on any atom is 0.489 e. The van der Waals surface area contributed by atoms with Crippen LogP contribution in [0, 0.1) is 20.8 Å². The Labute approximate surface area is 603 Å². The van der Waals surface area contributed by atoms with Crippen molar-refractivity contribution < 1.29 is 63.2 Å². The number of aliphatic hydroxyl groups excluding tert-OH is 1. The number of aliphatic imine (C=N–C) groups is 1. The van der Waals surface area contributed by atoms with Gasteiger partial charge in [-0.25, -0.2) is 49.8 Å². The number of nitrogens with zero attached hydrogens (tertiary/aromatic N) is 13. The number of hydrogen-bond acceptors (Lipinski definition) is 31. The van der Waals surface area contributed by atoms with Crippen LogP contribution in [0.3, 0.4) is 0 Å². The van der Waals surface area contributed by atoms with Crippen molar-refractivity contribution in [3.8, 4) is 5.88 Å². The van der Waals surface area contributed by atoms with Gasteiger partial charge in [0.25, 0.3) is 12.0 Å². The average molecular weight is 1480 g/mol. The highest BCUT2D eigenvalue weighted by atomic mass is 35.5. The molecular weight excluding hydrogens is 1390 g/mol. The molecule has 2 fully saturated rings. The Morgan fingerprint density at radius 2 is 1.18 bits per heavy atom. The molecule has 0 saturated carbocycles. The number of nitrogens with one attached hydrogen (secondary N) is 1. The van der Waals surface area contributed by atoms with E-state index in [2.05, 4.69) is 103 Å². The van der Waals surface area contributed by atoms with E-state index in [4.69, 9.17) is 107 Å². The van der Waals surface area contributed by atoms with E-state index in [1.807, 2.05) is 76.2 Å². The number of allylic oxidation sites excluding steroid dienone is 2. The van der Waals surface area contributed by atoms with Crippen LogP contribution in [0.2, 0.25) is 15.7 Å². The lowest BCUT2D eigenvalue weighted by Gasteiger charge is -2.32. The van der Waals surface area contributed by atoms with Crippen LogP contribution in [0.5, 0.6) is 5.88 Å². The number of halogens is 4. The fourth-order valence-corrected chi connectivity index (χ4v) is 8.92. The Morgan fingerprint density at radius 3 is 1.57 bits per heavy atom. The highest BCUT2D eigenvalue weighted by Crippen LogP contribution is 2.38. The Bertz CT molecular complexity index is 3660. The van der Waals surface area contributed by atoms with Gasteiger partial charge in [-0.1, -0.05) is 65.2 Å². The number of aryl methyl sites for hydroxylation is 3. The van der Waals surface area contributed by atoms with Gasteiger partial charge in [-0.05, 0) is 141 Å². The third-order valence-electron chi connectivity index (χ3n) is 13.3. The smallest absolute Gasteiger partial charge is 0.407 e. The first-order chi connectivity index (χ1) is 47.5. The molecule has 0 spiro atoms. The molecule has 31 nitrogen and oxygen atoms in total. The van der Waals surface area contributed by atoms with Gasteiger partial charge in [-0.2, -0.15) is 33.8 Å². The molecule has 0 radical (unpaired) electrons. The first-order valence-corrected chi connectivity index (χ1v) is 32.4. The van der Waals surface area contributed by atoms with E-state index in [0.29, 0.717) is 75.8 Å². The van der Waals surface area contributed by atoms with Crippen molar-refractivity contribution in [1.29, 1.82) is 0 Å². The van der Waals surface area contributed by atoms with Gasteiger partial charge >= 0.3 is 25.6 Å². The van der Waals surface area contributed by atoms with E-state index in [9.17, 15) is 14.0 Å². The van der Waals surface area contributed by atoms with E-state index in [1.54, 1.807) is 36.5 Å². The molecule has 0 aliphatic carbocycles. The number of hydrogen-bond donors (Lipinski definition) is 6. The number of carbonyl (C=O) groups is 1. The zero-order chi connectivity index (χ0) is 78.3. The van der Waals surface area contributed by atoms with Crippen molar-refractivity contribution in [3.05, 3.63) is 104 Å². The summed E-state index contributed by atoms with van der Waals surface area (Å²) < 4.78 is 38.0. The lowest BCUT2D eigenvalue weighted by Crippen LogP contribution is -2.41. The number of fused-ring (bicyclic) bond motifs is 2. The zero-order valence-electron chi connectivity index (χ0n) is 60.5. The minimum absolute atomic E-state index is 0.0840. The number of alkyl halides is 1. The van der Waals surface area contributed by atoms with E-state index in [0.717, 1.165) is 67.2 Å². The third kappa shape index (κ3) is 33.9. The highest BCUT2D eigenvalue weighted by molar-refractivity contribution is 8.13. The topological polar surface area (TPSA) is 469 Å². The summed E-state index contributed by atoms with van der Waals surface area (Å²) >= 11 is 18.4. The summed E-state index contributed by atoms with van der Waals surface area (Å²) in [4.78, 5) is 119. The highest BCUT2D eigenvalue weighted by Gasteiger charge is 2.51. The van der Waals surface area contributed by atoms with Gasteiger partial charge in [0.15, 0.2) is 10.7 Å². The summed E-state index contributed by atoms with van der Waals surface area (Å²) in [5.74, 6) is 1.51. The SMILES string of the molecule is C1CCOC1.C=C(C)B1OC(C)(C)C(C)(C)O1.C=C(C)c1nc(Cl)nc(C)c1N.CC(C)c1ncnc(OC=O)c1N.CC(C)c1ncnc2c(=O)n3c(nc12)NCC3.CO.CSC1=NCCC1.Cc1nc(Cl)nc(Cl)c1N.Cc1ncnc(C(C)C)c1N.O=C=O.O=C=O.O=C=O.[2H]CF. The van der Waals surface area contributed by atoms with Gasteiger partial charge in [-0.3, -0.25) is 23.5 Å². The van der Waals surface area contributed by atoms with Crippen LogP contribution in [-0.2, 0) is 54.2 Å². The van der Waals surface area contributed by atoms with Crippen LogP contribution in [0.4, 0.5) is 33.1 Å². The Balaban J connectivity index is -0.00000107. The molecule has 6 aromatic rings. The largest absolute Gasteiger partial charge is 0.489 e. The zero-order valence-corrected chi connectivity index (χ0v) is 62.6. The van der Waals surface area contributed by atoms with Crippen LogP contribution < -0.4 is 38.5 Å². The van der Waals surface area contributed by atoms with E-state index in [1.165, 1.54) is 43.4 Å². The van der Waals surface area contributed by atoms with Gasteiger partial charge in [0.05, 0.1) is 81.7 Å². The van der Waals surface area contributed by atoms with Crippen molar-refractivity contribution in [2.75, 3.05) is 75.1 Å². The fourth-order valence-electron chi connectivity index (χ4n) is 7.67.